The number of benzene rings is 2. The van der Waals surface area contributed by atoms with Crippen LogP contribution in [0.1, 0.15) is 36.0 Å². The molecule has 3 rings (SSSR count). The van der Waals surface area contributed by atoms with Crippen molar-refractivity contribution >= 4 is 29.2 Å². The lowest BCUT2D eigenvalue weighted by Gasteiger charge is -2.27. The zero-order valence-corrected chi connectivity index (χ0v) is 16.2. The van der Waals surface area contributed by atoms with E-state index in [1.165, 1.54) is 7.11 Å². The van der Waals surface area contributed by atoms with Crippen LogP contribution in [-0.4, -0.2) is 30.0 Å². The minimum Gasteiger partial charge on any atom is -0.495 e. The first-order valence-corrected chi connectivity index (χ1v) is 9.58. The molecule has 29 heavy (non-hydrogen) atoms. The highest BCUT2D eigenvalue weighted by molar-refractivity contribution is 6.11. The SMILES string of the molecule is COc1ccccc1NC(=O)c1ccccc1NC(=O)[C@@H]1CCCC[C@@H]1C(=O)O. The van der Waals surface area contributed by atoms with E-state index in [4.69, 9.17) is 4.74 Å². The lowest BCUT2D eigenvalue weighted by atomic mass is 9.78. The van der Waals surface area contributed by atoms with E-state index in [0.29, 0.717) is 30.0 Å². The molecule has 0 aliphatic heterocycles. The third-order valence-corrected chi connectivity index (χ3v) is 5.20. The van der Waals surface area contributed by atoms with Gasteiger partial charge in [-0.05, 0) is 37.1 Å². The van der Waals surface area contributed by atoms with Crippen molar-refractivity contribution in [3.8, 4) is 5.75 Å². The van der Waals surface area contributed by atoms with Gasteiger partial charge in [-0.25, -0.2) is 0 Å². The van der Waals surface area contributed by atoms with E-state index in [9.17, 15) is 19.5 Å². The quantitative estimate of drug-likeness (QED) is 0.689. The van der Waals surface area contributed by atoms with Crippen LogP contribution in [0, 0.1) is 11.8 Å². The molecule has 1 saturated carbocycles. The summed E-state index contributed by atoms with van der Waals surface area (Å²) in [6.45, 7) is 0. The molecule has 2 aromatic rings. The van der Waals surface area contributed by atoms with Crippen LogP contribution in [-0.2, 0) is 9.59 Å². The van der Waals surface area contributed by atoms with Gasteiger partial charge in [0.2, 0.25) is 5.91 Å². The summed E-state index contributed by atoms with van der Waals surface area (Å²) in [5, 5.41) is 15.0. The van der Waals surface area contributed by atoms with E-state index in [2.05, 4.69) is 10.6 Å². The van der Waals surface area contributed by atoms with E-state index in [-0.39, 0.29) is 11.5 Å². The number of para-hydroxylation sites is 3. The van der Waals surface area contributed by atoms with Crippen LogP contribution in [0.15, 0.2) is 48.5 Å². The summed E-state index contributed by atoms with van der Waals surface area (Å²) >= 11 is 0. The van der Waals surface area contributed by atoms with Gasteiger partial charge >= 0.3 is 5.97 Å². The van der Waals surface area contributed by atoms with Gasteiger partial charge in [-0.3, -0.25) is 14.4 Å². The molecule has 0 bridgehead atoms. The highest BCUT2D eigenvalue weighted by atomic mass is 16.5. The zero-order chi connectivity index (χ0) is 20.8. The van der Waals surface area contributed by atoms with Gasteiger partial charge in [0.05, 0.1) is 35.9 Å². The topological polar surface area (TPSA) is 105 Å². The summed E-state index contributed by atoms with van der Waals surface area (Å²) < 4.78 is 5.25. The van der Waals surface area contributed by atoms with Crippen molar-refractivity contribution in [2.45, 2.75) is 25.7 Å². The highest BCUT2D eigenvalue weighted by Crippen LogP contribution is 2.32. The van der Waals surface area contributed by atoms with Crippen molar-refractivity contribution in [1.82, 2.24) is 0 Å². The fraction of sp³-hybridized carbons (Fsp3) is 0.318. The van der Waals surface area contributed by atoms with Crippen LogP contribution in [0.3, 0.4) is 0 Å². The molecule has 0 saturated heterocycles. The number of carboxylic acids is 1. The maximum atomic E-state index is 12.8. The van der Waals surface area contributed by atoms with E-state index >= 15 is 0 Å². The van der Waals surface area contributed by atoms with Crippen molar-refractivity contribution in [3.05, 3.63) is 54.1 Å². The van der Waals surface area contributed by atoms with Crippen molar-refractivity contribution < 1.29 is 24.2 Å². The first kappa shape index (κ1) is 20.4. The zero-order valence-electron chi connectivity index (χ0n) is 16.2. The van der Waals surface area contributed by atoms with Gasteiger partial charge in [0.15, 0.2) is 0 Å². The molecule has 1 aliphatic carbocycles. The average Bonchev–Trinajstić information content (AvgIpc) is 2.74. The molecule has 0 aromatic heterocycles. The van der Waals surface area contributed by atoms with E-state index in [0.717, 1.165) is 12.8 Å². The fourth-order valence-corrected chi connectivity index (χ4v) is 3.69. The number of aliphatic carboxylic acids is 1. The van der Waals surface area contributed by atoms with Gasteiger partial charge in [0, 0.05) is 0 Å². The van der Waals surface area contributed by atoms with E-state index in [1.54, 1.807) is 48.5 Å². The maximum Gasteiger partial charge on any atom is 0.307 e. The van der Waals surface area contributed by atoms with E-state index < -0.39 is 23.7 Å². The van der Waals surface area contributed by atoms with Gasteiger partial charge in [0.1, 0.15) is 5.75 Å². The normalized spacial score (nSPS) is 18.5. The number of ether oxygens (including phenoxy) is 1. The van der Waals surface area contributed by atoms with Crippen molar-refractivity contribution in [3.63, 3.8) is 0 Å². The molecule has 1 aliphatic rings. The molecule has 7 nitrogen and oxygen atoms in total. The fourth-order valence-electron chi connectivity index (χ4n) is 3.69. The number of carbonyl (C=O) groups excluding carboxylic acids is 2. The molecule has 2 amide bonds. The lowest BCUT2D eigenvalue weighted by molar-refractivity contribution is -0.147. The second kappa shape index (κ2) is 9.23. The molecule has 0 radical (unpaired) electrons. The van der Waals surface area contributed by atoms with Gasteiger partial charge in [-0.15, -0.1) is 0 Å². The van der Waals surface area contributed by atoms with Crippen molar-refractivity contribution in [2.75, 3.05) is 17.7 Å². The predicted octanol–water partition coefficient (Wildman–Crippen LogP) is 3.78. The summed E-state index contributed by atoms with van der Waals surface area (Å²) in [6.07, 6.45) is 2.64. The van der Waals surface area contributed by atoms with Crippen LogP contribution >= 0.6 is 0 Å². The Hall–Kier alpha value is -3.35. The Morgan fingerprint density at radius 1 is 0.897 bits per heavy atom. The molecule has 0 unspecified atom stereocenters. The Bertz CT molecular complexity index is 912. The third kappa shape index (κ3) is 4.74. The smallest absolute Gasteiger partial charge is 0.307 e. The predicted molar refractivity (Wildman–Crippen MR) is 109 cm³/mol. The maximum absolute atomic E-state index is 12.8. The molecule has 1 fully saturated rings. The monoisotopic (exact) mass is 396 g/mol. The van der Waals surface area contributed by atoms with Crippen LogP contribution in [0.25, 0.3) is 0 Å². The minimum atomic E-state index is -0.952. The van der Waals surface area contributed by atoms with Gasteiger partial charge in [0.25, 0.3) is 5.91 Å². The van der Waals surface area contributed by atoms with Gasteiger partial charge < -0.3 is 20.5 Å². The van der Waals surface area contributed by atoms with E-state index in [1.807, 2.05) is 0 Å². The number of methoxy groups -OCH3 is 1. The average molecular weight is 396 g/mol. The second-order valence-corrected chi connectivity index (χ2v) is 7.02. The first-order valence-electron chi connectivity index (χ1n) is 9.58. The molecule has 7 heteroatoms. The summed E-state index contributed by atoms with van der Waals surface area (Å²) in [7, 11) is 1.52. The molecular weight excluding hydrogens is 372 g/mol. The Morgan fingerprint density at radius 3 is 2.21 bits per heavy atom. The molecule has 152 valence electrons. The molecular formula is C22H24N2O5. The van der Waals surface area contributed by atoms with Gasteiger partial charge in [-0.2, -0.15) is 0 Å². The first-order chi connectivity index (χ1) is 14.0. The number of amides is 2. The van der Waals surface area contributed by atoms with Crippen LogP contribution in [0.5, 0.6) is 5.75 Å². The second-order valence-electron chi connectivity index (χ2n) is 7.02. The molecule has 0 heterocycles. The van der Waals surface area contributed by atoms with Crippen molar-refractivity contribution in [2.24, 2.45) is 11.8 Å². The number of anilines is 2. The standard InChI is InChI=1S/C22H24N2O5/c1-29-19-13-7-6-12-18(19)24-21(26)16-10-4-5-11-17(16)23-20(25)14-8-2-3-9-15(14)22(27)28/h4-7,10-15H,2-3,8-9H2,1H3,(H,23,25)(H,24,26)(H,27,28)/t14-,15+/m1/s1. The lowest BCUT2D eigenvalue weighted by Crippen LogP contribution is -2.36. The number of rotatable bonds is 6. The number of hydrogen-bond donors (Lipinski definition) is 3. The molecule has 3 N–H and O–H groups in total. The number of carboxylic acid groups (broad SMARTS) is 1. The highest BCUT2D eigenvalue weighted by Gasteiger charge is 2.36. The minimum absolute atomic E-state index is 0.287. The molecule has 2 atom stereocenters. The largest absolute Gasteiger partial charge is 0.495 e. The van der Waals surface area contributed by atoms with Crippen LogP contribution in [0.4, 0.5) is 11.4 Å². The number of hydrogen-bond acceptors (Lipinski definition) is 4. The Balaban J connectivity index is 1.79. The summed E-state index contributed by atoms with van der Waals surface area (Å²) in [4.78, 5) is 37.1. The number of carbonyl (C=O) groups is 3. The Morgan fingerprint density at radius 2 is 1.52 bits per heavy atom. The Kier molecular flexibility index (Phi) is 6.49. The summed E-state index contributed by atoms with van der Waals surface area (Å²) in [5.74, 6) is -2.50. The Labute approximate surface area is 169 Å². The third-order valence-electron chi connectivity index (χ3n) is 5.20. The summed E-state index contributed by atoms with van der Waals surface area (Å²) in [6, 6.07) is 13.7. The van der Waals surface area contributed by atoms with Crippen LogP contribution in [0.2, 0.25) is 0 Å². The van der Waals surface area contributed by atoms with Gasteiger partial charge in [-0.1, -0.05) is 37.1 Å². The van der Waals surface area contributed by atoms with Crippen LogP contribution < -0.4 is 15.4 Å². The molecule has 0 spiro atoms. The summed E-state index contributed by atoms with van der Waals surface area (Å²) in [5.41, 5.74) is 1.15. The number of nitrogens with one attached hydrogen (secondary N) is 2. The molecule has 2 aromatic carbocycles. The van der Waals surface area contributed by atoms with Crippen molar-refractivity contribution in [1.29, 1.82) is 0 Å².